The molecule has 1 amide bonds. The van der Waals surface area contributed by atoms with Gasteiger partial charge in [0.05, 0.1) is 28.3 Å². The summed E-state index contributed by atoms with van der Waals surface area (Å²) in [6.07, 6.45) is 2.46. The average Bonchev–Trinajstić information content (AvgIpc) is 3.13. The molecule has 4 aromatic rings. The van der Waals surface area contributed by atoms with Crippen molar-refractivity contribution >= 4 is 33.8 Å². The molecular weight excluding hydrogens is 406 g/mol. The largest absolute Gasteiger partial charge is 0.382 e. The van der Waals surface area contributed by atoms with Crippen molar-refractivity contribution in [3.05, 3.63) is 64.7 Å². The third-order valence-corrected chi connectivity index (χ3v) is 5.42. The number of nitrogens with zero attached hydrogens (tertiary/aromatic N) is 4. The van der Waals surface area contributed by atoms with Crippen LogP contribution in [-0.4, -0.2) is 38.2 Å². The number of aromatic nitrogens is 4. The first-order valence-corrected chi connectivity index (χ1v) is 10.9. The summed E-state index contributed by atoms with van der Waals surface area (Å²) in [5.74, 6) is 0.301. The van der Waals surface area contributed by atoms with Crippen molar-refractivity contribution in [1.29, 1.82) is 0 Å². The number of carbonyl (C=O) groups is 1. The molecule has 0 aliphatic heterocycles. The normalized spacial score (nSPS) is 11.3. The zero-order valence-electron chi connectivity index (χ0n) is 18.4. The summed E-state index contributed by atoms with van der Waals surface area (Å²) in [6, 6.07) is 13.3. The topological polar surface area (TPSA) is 91.0 Å². The fourth-order valence-electron chi connectivity index (χ4n) is 3.77. The van der Waals surface area contributed by atoms with Gasteiger partial charge in [-0.3, -0.25) is 19.5 Å². The highest BCUT2D eigenvalue weighted by Gasteiger charge is 2.14. The lowest BCUT2D eigenvalue weighted by molar-refractivity contribution is -0.116. The number of carbonyl (C=O) groups excluding carboxylic acids is 1. The number of nitrogens with one attached hydrogen (secondary N) is 1. The van der Waals surface area contributed by atoms with Gasteiger partial charge in [-0.25, -0.2) is 9.97 Å². The number of amides is 1. The summed E-state index contributed by atoms with van der Waals surface area (Å²) in [6.45, 7) is 6.14. The van der Waals surface area contributed by atoms with E-state index in [2.05, 4.69) is 15.3 Å². The van der Waals surface area contributed by atoms with Crippen molar-refractivity contribution in [2.45, 2.75) is 39.8 Å². The van der Waals surface area contributed by atoms with Crippen LogP contribution in [0.3, 0.4) is 0 Å². The van der Waals surface area contributed by atoms with E-state index in [0.717, 1.165) is 23.0 Å². The van der Waals surface area contributed by atoms with E-state index in [1.807, 2.05) is 54.8 Å². The molecule has 166 valence electrons. The number of rotatable bonds is 9. The molecule has 0 atom stereocenters. The second kappa shape index (κ2) is 9.74. The Morgan fingerprint density at radius 3 is 2.81 bits per heavy atom. The van der Waals surface area contributed by atoms with Crippen molar-refractivity contribution in [2.24, 2.45) is 0 Å². The van der Waals surface area contributed by atoms with Crippen LogP contribution in [0.25, 0.3) is 21.9 Å². The minimum absolute atomic E-state index is 0.140. The van der Waals surface area contributed by atoms with Gasteiger partial charge >= 0.3 is 0 Å². The summed E-state index contributed by atoms with van der Waals surface area (Å²) in [4.78, 5) is 34.4. The first-order chi connectivity index (χ1) is 15.6. The van der Waals surface area contributed by atoms with Gasteiger partial charge in [0.25, 0.3) is 5.56 Å². The first-order valence-electron chi connectivity index (χ1n) is 10.9. The van der Waals surface area contributed by atoms with E-state index in [1.165, 1.54) is 10.9 Å². The van der Waals surface area contributed by atoms with Gasteiger partial charge < -0.3 is 9.30 Å². The molecule has 0 saturated carbocycles. The number of aryl methyl sites for hydroxylation is 3. The van der Waals surface area contributed by atoms with Crippen LogP contribution in [0, 0.1) is 6.92 Å². The molecule has 1 N–H and O–H groups in total. The Kier molecular flexibility index (Phi) is 6.61. The van der Waals surface area contributed by atoms with Gasteiger partial charge in [0.15, 0.2) is 0 Å². The Bertz CT molecular complexity index is 1310. The molecule has 4 rings (SSSR count). The maximum atomic E-state index is 12.8. The number of hydrogen-bond donors (Lipinski definition) is 1. The molecule has 32 heavy (non-hydrogen) atoms. The molecule has 0 saturated heterocycles. The van der Waals surface area contributed by atoms with Gasteiger partial charge in [-0.2, -0.15) is 0 Å². The minimum atomic E-state index is -0.206. The smallest absolute Gasteiger partial charge is 0.261 e. The Morgan fingerprint density at radius 2 is 1.97 bits per heavy atom. The summed E-state index contributed by atoms with van der Waals surface area (Å²) < 4.78 is 8.92. The van der Waals surface area contributed by atoms with Gasteiger partial charge in [0.1, 0.15) is 0 Å². The van der Waals surface area contributed by atoms with Crippen molar-refractivity contribution < 1.29 is 9.53 Å². The van der Waals surface area contributed by atoms with Crippen LogP contribution in [0.1, 0.15) is 25.3 Å². The van der Waals surface area contributed by atoms with E-state index in [-0.39, 0.29) is 24.4 Å². The zero-order chi connectivity index (χ0) is 22.5. The molecule has 2 aromatic heterocycles. The van der Waals surface area contributed by atoms with E-state index in [1.54, 1.807) is 6.07 Å². The predicted octanol–water partition coefficient (Wildman–Crippen LogP) is 3.51. The summed E-state index contributed by atoms with van der Waals surface area (Å²) >= 11 is 0. The molecule has 0 fully saturated rings. The molecule has 8 nitrogen and oxygen atoms in total. The lowest BCUT2D eigenvalue weighted by Crippen LogP contribution is -2.24. The molecule has 0 aliphatic carbocycles. The summed E-state index contributed by atoms with van der Waals surface area (Å²) in [5, 5.41) is 3.47. The highest BCUT2D eigenvalue weighted by Crippen LogP contribution is 2.20. The van der Waals surface area contributed by atoms with Crippen molar-refractivity contribution in [3.63, 3.8) is 0 Å². The lowest BCUT2D eigenvalue weighted by atomic mass is 10.1. The van der Waals surface area contributed by atoms with Crippen molar-refractivity contribution in [2.75, 3.05) is 18.5 Å². The van der Waals surface area contributed by atoms with Crippen LogP contribution >= 0.6 is 0 Å². The third-order valence-electron chi connectivity index (χ3n) is 5.42. The first kappa shape index (κ1) is 21.7. The number of anilines is 1. The Morgan fingerprint density at radius 1 is 1.12 bits per heavy atom. The number of ether oxygens (including phenoxy) is 1. The van der Waals surface area contributed by atoms with E-state index >= 15 is 0 Å². The van der Waals surface area contributed by atoms with E-state index in [9.17, 15) is 9.59 Å². The molecule has 0 spiro atoms. The van der Waals surface area contributed by atoms with Crippen molar-refractivity contribution in [3.8, 4) is 0 Å². The third kappa shape index (κ3) is 4.55. The predicted molar refractivity (Wildman–Crippen MR) is 125 cm³/mol. The number of imidazole rings is 1. The number of benzene rings is 2. The van der Waals surface area contributed by atoms with E-state index in [4.69, 9.17) is 4.74 Å². The molecule has 8 heteroatoms. The minimum Gasteiger partial charge on any atom is -0.382 e. The molecule has 2 heterocycles. The Labute approximate surface area is 185 Å². The van der Waals surface area contributed by atoms with Crippen LogP contribution in [0.2, 0.25) is 0 Å². The molecule has 2 aromatic carbocycles. The highest BCUT2D eigenvalue weighted by molar-refractivity contribution is 5.91. The quantitative estimate of drug-likeness (QED) is 0.408. The highest BCUT2D eigenvalue weighted by atomic mass is 16.5. The Balaban J connectivity index is 1.48. The van der Waals surface area contributed by atoms with Gasteiger partial charge in [-0.15, -0.1) is 0 Å². The molecule has 0 bridgehead atoms. The second-order valence-electron chi connectivity index (χ2n) is 7.64. The zero-order valence-corrected chi connectivity index (χ0v) is 18.4. The standard InChI is InChI=1S/C24H27N5O3/c1-3-32-15-7-13-29-20-11-5-4-10-19(20)26-24(29)27-21(30)12-14-28-16-25-22-17(2)8-6-9-18(22)23(28)31/h4-6,8-11,16H,3,7,12-15H2,1-2H3,(H,26,27,30). The maximum Gasteiger partial charge on any atom is 0.261 e. The SMILES string of the molecule is CCOCCCn1c(NC(=O)CCn2cnc3c(C)cccc3c2=O)nc2ccccc21. The van der Waals surface area contributed by atoms with E-state index < -0.39 is 0 Å². The van der Waals surface area contributed by atoms with E-state index in [0.29, 0.717) is 36.6 Å². The van der Waals surface area contributed by atoms with Crippen LogP contribution < -0.4 is 10.9 Å². The maximum absolute atomic E-state index is 12.8. The molecule has 0 radical (unpaired) electrons. The second-order valence-corrected chi connectivity index (χ2v) is 7.64. The van der Waals surface area contributed by atoms with Crippen molar-refractivity contribution in [1.82, 2.24) is 19.1 Å². The molecular formula is C24H27N5O3. The number of hydrogen-bond acceptors (Lipinski definition) is 5. The van der Waals surface area contributed by atoms with Gasteiger partial charge in [0.2, 0.25) is 11.9 Å². The fraction of sp³-hybridized carbons (Fsp3) is 0.333. The lowest BCUT2D eigenvalue weighted by Gasteiger charge is -2.11. The van der Waals surface area contributed by atoms with Gasteiger partial charge in [0, 0.05) is 32.7 Å². The van der Waals surface area contributed by atoms with Crippen LogP contribution in [-0.2, 0) is 22.6 Å². The van der Waals surface area contributed by atoms with Crippen LogP contribution in [0.15, 0.2) is 53.6 Å². The van der Waals surface area contributed by atoms with Gasteiger partial charge in [-0.1, -0.05) is 24.3 Å². The van der Waals surface area contributed by atoms with Gasteiger partial charge in [-0.05, 0) is 44.0 Å². The molecule has 0 aliphatic rings. The summed E-state index contributed by atoms with van der Waals surface area (Å²) in [7, 11) is 0. The van der Waals surface area contributed by atoms with Crippen LogP contribution in [0.4, 0.5) is 5.95 Å². The number of para-hydroxylation sites is 3. The average molecular weight is 434 g/mol. The Hall–Kier alpha value is -3.52. The number of fused-ring (bicyclic) bond motifs is 2. The molecule has 0 unspecified atom stereocenters. The monoisotopic (exact) mass is 433 g/mol. The van der Waals surface area contributed by atoms with Crippen LogP contribution in [0.5, 0.6) is 0 Å². The summed E-state index contributed by atoms with van der Waals surface area (Å²) in [5.41, 5.74) is 3.29. The fourth-order valence-corrected chi connectivity index (χ4v) is 3.77.